The van der Waals surface area contributed by atoms with Crippen molar-refractivity contribution in [3.8, 4) is 0 Å². The molecule has 0 spiro atoms. The highest BCUT2D eigenvalue weighted by atomic mass is 32.1. The van der Waals surface area contributed by atoms with Crippen LogP contribution >= 0.6 is 11.3 Å². The summed E-state index contributed by atoms with van der Waals surface area (Å²) in [6.07, 6.45) is 0.934. The predicted octanol–water partition coefficient (Wildman–Crippen LogP) is 4.55. The molecule has 6 heteroatoms. The van der Waals surface area contributed by atoms with Gasteiger partial charge in [-0.05, 0) is 36.4 Å². The van der Waals surface area contributed by atoms with E-state index in [2.05, 4.69) is 28.1 Å². The lowest BCUT2D eigenvalue weighted by Crippen LogP contribution is -2.29. The van der Waals surface area contributed by atoms with Gasteiger partial charge < -0.3 is 14.8 Å². The van der Waals surface area contributed by atoms with Crippen molar-refractivity contribution in [2.24, 2.45) is 0 Å². The Kier molecular flexibility index (Phi) is 3.43. The maximum Gasteiger partial charge on any atom is 0.185 e. The fraction of sp³-hybridized carbons (Fsp3) is 0.250. The molecule has 0 amide bonds. The van der Waals surface area contributed by atoms with Crippen LogP contribution in [0.15, 0.2) is 36.4 Å². The van der Waals surface area contributed by atoms with Crippen molar-refractivity contribution < 1.29 is 4.39 Å². The Morgan fingerprint density at radius 2 is 2.08 bits per heavy atom. The van der Waals surface area contributed by atoms with Gasteiger partial charge in [-0.25, -0.2) is 9.37 Å². The van der Waals surface area contributed by atoms with Gasteiger partial charge in [-0.3, -0.25) is 0 Å². The van der Waals surface area contributed by atoms with Crippen LogP contribution in [0, 0.1) is 5.82 Å². The summed E-state index contributed by atoms with van der Waals surface area (Å²) in [5.41, 5.74) is 5.66. The average Bonchev–Trinajstić information content (AvgIpc) is 3.21. The summed E-state index contributed by atoms with van der Waals surface area (Å²) in [5, 5.41) is 2.01. The molecule has 5 rings (SSSR count). The topological polar surface area (TPSA) is 35.2 Å². The predicted molar refractivity (Wildman–Crippen MR) is 107 cm³/mol. The molecule has 3 heterocycles. The number of hydrogen-bond donors (Lipinski definition) is 1. The van der Waals surface area contributed by atoms with Crippen LogP contribution in [0.4, 0.5) is 15.2 Å². The maximum absolute atomic E-state index is 13.7. The highest BCUT2D eigenvalue weighted by Crippen LogP contribution is 2.34. The molecular weight excluding hydrogens is 347 g/mol. The Hall–Kier alpha value is -2.60. The zero-order chi connectivity index (χ0) is 17.8. The van der Waals surface area contributed by atoms with Gasteiger partial charge in [-0.15, -0.1) is 0 Å². The smallest absolute Gasteiger partial charge is 0.185 e. The number of aromatic amines is 1. The number of thiazole rings is 1. The van der Waals surface area contributed by atoms with E-state index < -0.39 is 0 Å². The molecule has 1 aliphatic heterocycles. The first-order chi connectivity index (χ1) is 12.6. The third-order valence-corrected chi connectivity index (χ3v) is 6.25. The van der Waals surface area contributed by atoms with E-state index in [0.29, 0.717) is 0 Å². The van der Waals surface area contributed by atoms with Crippen molar-refractivity contribution in [2.75, 3.05) is 30.4 Å². The molecule has 0 saturated heterocycles. The molecule has 0 fully saturated rings. The zero-order valence-corrected chi connectivity index (χ0v) is 15.5. The standard InChI is InChI=1S/C20H19FN4S/c1-24(2)20-23-18-10-13(4-6-19(18)26-20)25-8-7-17-15(11-25)14-9-12(21)3-5-16(14)22-17/h3-6,9-10,22H,7-8,11H2,1-2H3. The fourth-order valence-corrected chi connectivity index (χ4v) is 4.57. The summed E-state index contributed by atoms with van der Waals surface area (Å²) in [6.45, 7) is 1.73. The van der Waals surface area contributed by atoms with Crippen molar-refractivity contribution in [2.45, 2.75) is 13.0 Å². The number of aromatic nitrogens is 2. The van der Waals surface area contributed by atoms with Crippen LogP contribution < -0.4 is 9.80 Å². The first-order valence-electron chi connectivity index (χ1n) is 8.70. The van der Waals surface area contributed by atoms with Gasteiger partial charge in [-0.1, -0.05) is 11.3 Å². The zero-order valence-electron chi connectivity index (χ0n) is 14.7. The van der Waals surface area contributed by atoms with Gasteiger partial charge in [0.05, 0.1) is 10.2 Å². The first-order valence-corrected chi connectivity index (χ1v) is 9.52. The van der Waals surface area contributed by atoms with Crippen molar-refractivity contribution in [1.29, 1.82) is 0 Å². The molecule has 0 unspecified atom stereocenters. The van der Waals surface area contributed by atoms with E-state index >= 15 is 0 Å². The monoisotopic (exact) mass is 366 g/mol. The summed E-state index contributed by atoms with van der Waals surface area (Å²) in [6, 6.07) is 11.5. The van der Waals surface area contributed by atoms with Crippen LogP contribution in [0.25, 0.3) is 21.1 Å². The highest BCUT2D eigenvalue weighted by molar-refractivity contribution is 7.22. The van der Waals surface area contributed by atoms with E-state index in [1.54, 1.807) is 17.4 Å². The van der Waals surface area contributed by atoms with E-state index in [0.717, 1.165) is 41.1 Å². The van der Waals surface area contributed by atoms with Crippen LogP contribution in [-0.4, -0.2) is 30.6 Å². The number of halogens is 1. The lowest BCUT2D eigenvalue weighted by atomic mass is 10.0. The van der Waals surface area contributed by atoms with Crippen molar-refractivity contribution >= 4 is 43.3 Å². The molecule has 4 aromatic rings. The number of H-pyrrole nitrogens is 1. The number of nitrogens with zero attached hydrogens (tertiary/aromatic N) is 3. The molecule has 0 bridgehead atoms. The lowest BCUT2D eigenvalue weighted by Gasteiger charge is -2.29. The van der Waals surface area contributed by atoms with Gasteiger partial charge in [0.15, 0.2) is 5.13 Å². The van der Waals surface area contributed by atoms with E-state index in [9.17, 15) is 4.39 Å². The quantitative estimate of drug-likeness (QED) is 0.565. The Labute approximate surface area is 154 Å². The number of benzene rings is 2. The second kappa shape index (κ2) is 5.71. The molecule has 1 N–H and O–H groups in total. The Balaban J connectivity index is 1.53. The van der Waals surface area contributed by atoms with E-state index in [4.69, 9.17) is 4.98 Å². The Morgan fingerprint density at radius 1 is 1.19 bits per heavy atom. The molecular formula is C20H19FN4S. The van der Waals surface area contributed by atoms with Crippen molar-refractivity contribution in [3.63, 3.8) is 0 Å². The highest BCUT2D eigenvalue weighted by Gasteiger charge is 2.21. The number of hydrogen-bond acceptors (Lipinski definition) is 4. The van der Waals surface area contributed by atoms with Crippen molar-refractivity contribution in [1.82, 2.24) is 9.97 Å². The van der Waals surface area contributed by atoms with E-state index in [-0.39, 0.29) is 5.82 Å². The fourth-order valence-electron chi connectivity index (χ4n) is 3.70. The van der Waals surface area contributed by atoms with Crippen LogP contribution in [-0.2, 0) is 13.0 Å². The van der Waals surface area contributed by atoms with E-state index in [1.807, 2.05) is 25.1 Å². The minimum Gasteiger partial charge on any atom is -0.367 e. The minimum absolute atomic E-state index is 0.184. The lowest BCUT2D eigenvalue weighted by molar-refractivity contribution is 0.629. The summed E-state index contributed by atoms with van der Waals surface area (Å²) < 4.78 is 14.9. The maximum atomic E-state index is 13.7. The summed E-state index contributed by atoms with van der Waals surface area (Å²) >= 11 is 1.70. The molecule has 0 saturated carbocycles. The van der Waals surface area contributed by atoms with Gasteiger partial charge in [0.25, 0.3) is 0 Å². The van der Waals surface area contributed by atoms with Crippen LogP contribution in [0.3, 0.4) is 0 Å². The molecule has 0 atom stereocenters. The summed E-state index contributed by atoms with van der Waals surface area (Å²) in [7, 11) is 4.03. The van der Waals surface area contributed by atoms with Gasteiger partial charge in [0.1, 0.15) is 5.82 Å². The van der Waals surface area contributed by atoms with Crippen molar-refractivity contribution in [3.05, 3.63) is 53.5 Å². The normalized spacial score (nSPS) is 14.2. The molecule has 26 heavy (non-hydrogen) atoms. The van der Waals surface area contributed by atoms with Crippen LogP contribution in [0.5, 0.6) is 0 Å². The van der Waals surface area contributed by atoms with Gasteiger partial charge >= 0.3 is 0 Å². The molecule has 2 aromatic heterocycles. The van der Waals surface area contributed by atoms with Gasteiger partial charge in [0, 0.05) is 61.5 Å². The summed E-state index contributed by atoms with van der Waals surface area (Å²) in [5.74, 6) is -0.184. The van der Waals surface area contributed by atoms with Crippen LogP contribution in [0.2, 0.25) is 0 Å². The second-order valence-corrected chi connectivity index (χ2v) is 8.00. The number of anilines is 2. The van der Waals surface area contributed by atoms with Gasteiger partial charge in [0.2, 0.25) is 0 Å². The Bertz CT molecular complexity index is 1130. The molecule has 2 aromatic carbocycles. The molecule has 0 aliphatic carbocycles. The molecule has 1 aliphatic rings. The number of nitrogens with one attached hydrogen (secondary N) is 1. The third kappa shape index (κ3) is 2.44. The van der Waals surface area contributed by atoms with Gasteiger partial charge in [-0.2, -0.15) is 0 Å². The largest absolute Gasteiger partial charge is 0.367 e. The average molecular weight is 366 g/mol. The summed E-state index contributed by atoms with van der Waals surface area (Å²) in [4.78, 5) is 12.6. The third-order valence-electron chi connectivity index (χ3n) is 5.04. The first kappa shape index (κ1) is 15.6. The minimum atomic E-state index is -0.184. The SMILES string of the molecule is CN(C)c1nc2cc(N3CCc4[nH]c5ccc(F)cc5c4C3)ccc2s1. The Morgan fingerprint density at radius 3 is 2.92 bits per heavy atom. The van der Waals surface area contributed by atoms with Crippen LogP contribution in [0.1, 0.15) is 11.3 Å². The molecule has 132 valence electrons. The second-order valence-electron chi connectivity index (χ2n) is 6.99. The molecule has 4 nitrogen and oxygen atoms in total. The molecule has 0 radical (unpaired) electrons. The van der Waals surface area contributed by atoms with E-state index in [1.165, 1.54) is 27.7 Å². The number of fused-ring (bicyclic) bond motifs is 4. The number of rotatable bonds is 2.